The number of carbonyl (C=O) groups is 2. The molecular formula is C19H19ClN4O4S. The van der Waals surface area contributed by atoms with E-state index in [-0.39, 0.29) is 12.5 Å². The first-order valence-electron chi connectivity index (χ1n) is 9.04. The van der Waals surface area contributed by atoms with Gasteiger partial charge in [0.05, 0.1) is 35.5 Å². The highest BCUT2D eigenvalue weighted by Crippen LogP contribution is 2.24. The number of nitrogens with one attached hydrogen (secondary N) is 1. The van der Waals surface area contributed by atoms with Gasteiger partial charge in [-0.15, -0.1) is 11.3 Å². The van der Waals surface area contributed by atoms with Crippen LogP contribution < -0.4 is 10.2 Å². The van der Waals surface area contributed by atoms with Crippen LogP contribution in [0.25, 0.3) is 0 Å². The Balaban J connectivity index is 1.36. The molecule has 2 aromatic rings. The van der Waals surface area contributed by atoms with Gasteiger partial charge in [0, 0.05) is 18.3 Å². The average molecular weight is 435 g/mol. The maximum absolute atomic E-state index is 12.3. The zero-order chi connectivity index (χ0) is 20.4. The fourth-order valence-corrected chi connectivity index (χ4v) is 4.08. The minimum absolute atomic E-state index is 0.230. The SMILES string of the molecule is CN1OCCN=C1c1ccc(N2C[C@H](CNC(=O)c3ccc(Cl)s3)OC2=O)cc1. The average Bonchev–Trinajstić information content (AvgIpc) is 3.32. The first-order chi connectivity index (χ1) is 14.0. The normalized spacial score (nSPS) is 19.2. The molecule has 10 heteroatoms. The summed E-state index contributed by atoms with van der Waals surface area (Å²) in [7, 11) is 1.81. The van der Waals surface area contributed by atoms with Gasteiger partial charge in [-0.2, -0.15) is 0 Å². The van der Waals surface area contributed by atoms with Crippen molar-refractivity contribution in [1.82, 2.24) is 10.4 Å². The molecule has 1 saturated heterocycles. The minimum atomic E-state index is -0.438. The van der Waals surface area contributed by atoms with Gasteiger partial charge in [0.1, 0.15) is 6.10 Å². The van der Waals surface area contributed by atoms with E-state index in [1.165, 1.54) is 11.3 Å². The molecule has 2 aliphatic rings. The Kier molecular flexibility index (Phi) is 5.70. The van der Waals surface area contributed by atoms with E-state index in [4.69, 9.17) is 21.2 Å². The van der Waals surface area contributed by atoms with Crippen LogP contribution in [0.15, 0.2) is 41.4 Å². The van der Waals surface area contributed by atoms with Crippen LogP contribution in [-0.4, -0.2) is 62.3 Å². The molecule has 0 spiro atoms. The maximum atomic E-state index is 12.3. The first-order valence-corrected chi connectivity index (χ1v) is 10.2. The summed E-state index contributed by atoms with van der Waals surface area (Å²) in [6.45, 7) is 1.77. The smallest absolute Gasteiger partial charge is 0.414 e. The number of benzene rings is 1. The maximum Gasteiger partial charge on any atom is 0.414 e. The van der Waals surface area contributed by atoms with Crippen LogP contribution in [-0.2, 0) is 9.57 Å². The number of aliphatic imine (C=N–C) groups is 1. The third kappa shape index (κ3) is 4.36. The highest BCUT2D eigenvalue weighted by atomic mass is 35.5. The molecule has 0 bridgehead atoms. The van der Waals surface area contributed by atoms with Crippen molar-refractivity contribution in [3.63, 3.8) is 0 Å². The van der Waals surface area contributed by atoms with Gasteiger partial charge in [-0.1, -0.05) is 11.6 Å². The lowest BCUT2D eigenvalue weighted by Gasteiger charge is -2.24. The molecule has 29 heavy (non-hydrogen) atoms. The number of amides is 2. The number of halogens is 1. The Hall–Kier alpha value is -2.62. The number of amidine groups is 1. The quantitative estimate of drug-likeness (QED) is 0.782. The largest absolute Gasteiger partial charge is 0.442 e. The number of hydroxylamine groups is 2. The standard InChI is InChI=1S/C19H19ClN4O4S/c1-23-17(21-8-9-27-23)12-2-4-13(5-3-12)24-11-14(28-19(24)26)10-22-18(25)15-6-7-16(20)29-15/h2-7,14H,8-11H2,1H3,(H,22,25)/t14-/m0/s1. The molecular weight excluding hydrogens is 416 g/mol. The Morgan fingerprint density at radius 3 is 2.79 bits per heavy atom. The Bertz CT molecular complexity index is 946. The number of carbonyl (C=O) groups excluding carboxylic acids is 2. The number of nitrogens with zero attached hydrogens (tertiary/aromatic N) is 3. The number of thiophene rings is 1. The van der Waals surface area contributed by atoms with E-state index in [0.717, 1.165) is 17.1 Å². The summed E-state index contributed by atoms with van der Waals surface area (Å²) >= 11 is 7.05. The molecule has 1 fully saturated rings. The third-order valence-corrected chi connectivity index (χ3v) is 5.76. The molecule has 0 unspecified atom stereocenters. The summed E-state index contributed by atoms with van der Waals surface area (Å²) in [6.07, 6.45) is -0.865. The monoisotopic (exact) mass is 434 g/mol. The predicted molar refractivity (Wildman–Crippen MR) is 111 cm³/mol. The summed E-state index contributed by atoms with van der Waals surface area (Å²) < 4.78 is 5.93. The van der Waals surface area contributed by atoms with E-state index >= 15 is 0 Å². The second-order valence-electron chi connectivity index (χ2n) is 6.51. The molecule has 0 saturated carbocycles. The number of rotatable bonds is 5. The van der Waals surface area contributed by atoms with Crippen LogP contribution >= 0.6 is 22.9 Å². The molecule has 2 aliphatic heterocycles. The van der Waals surface area contributed by atoms with Crippen LogP contribution in [0, 0.1) is 0 Å². The van der Waals surface area contributed by atoms with E-state index in [9.17, 15) is 9.59 Å². The summed E-state index contributed by atoms with van der Waals surface area (Å²) in [6, 6.07) is 10.8. The van der Waals surface area contributed by atoms with Crippen molar-refractivity contribution >= 4 is 46.5 Å². The van der Waals surface area contributed by atoms with Gasteiger partial charge < -0.3 is 10.1 Å². The number of cyclic esters (lactones) is 1. The van der Waals surface area contributed by atoms with Crippen LogP contribution in [0.2, 0.25) is 4.34 Å². The summed E-state index contributed by atoms with van der Waals surface area (Å²) in [5, 5.41) is 4.42. The van der Waals surface area contributed by atoms with E-state index in [1.807, 2.05) is 31.3 Å². The number of ether oxygens (including phenoxy) is 1. The van der Waals surface area contributed by atoms with Crippen molar-refractivity contribution in [3.8, 4) is 0 Å². The van der Waals surface area contributed by atoms with Crippen molar-refractivity contribution in [2.75, 3.05) is 38.2 Å². The molecule has 0 radical (unpaired) electrons. The molecule has 2 amide bonds. The van der Waals surface area contributed by atoms with Crippen molar-refractivity contribution in [2.24, 2.45) is 4.99 Å². The number of anilines is 1. The van der Waals surface area contributed by atoms with Gasteiger partial charge in [-0.05, 0) is 36.4 Å². The molecule has 3 heterocycles. The van der Waals surface area contributed by atoms with E-state index in [1.54, 1.807) is 22.1 Å². The van der Waals surface area contributed by atoms with E-state index in [0.29, 0.717) is 28.9 Å². The van der Waals surface area contributed by atoms with Crippen molar-refractivity contribution < 1.29 is 19.2 Å². The Morgan fingerprint density at radius 2 is 2.10 bits per heavy atom. The molecule has 1 N–H and O–H groups in total. The van der Waals surface area contributed by atoms with E-state index < -0.39 is 12.2 Å². The highest BCUT2D eigenvalue weighted by molar-refractivity contribution is 7.18. The predicted octanol–water partition coefficient (Wildman–Crippen LogP) is 2.78. The summed E-state index contributed by atoms with van der Waals surface area (Å²) in [5.74, 6) is 0.515. The molecule has 0 aliphatic carbocycles. The first kappa shape index (κ1) is 19.7. The summed E-state index contributed by atoms with van der Waals surface area (Å²) in [5.41, 5.74) is 1.62. The van der Waals surface area contributed by atoms with Gasteiger partial charge in [0.2, 0.25) is 0 Å². The molecule has 8 nitrogen and oxygen atoms in total. The fraction of sp³-hybridized carbons (Fsp3) is 0.316. The van der Waals surface area contributed by atoms with Gasteiger partial charge >= 0.3 is 6.09 Å². The second kappa shape index (κ2) is 8.40. The molecule has 1 aromatic heterocycles. The minimum Gasteiger partial charge on any atom is -0.442 e. The Morgan fingerprint density at radius 1 is 1.31 bits per heavy atom. The van der Waals surface area contributed by atoms with Crippen molar-refractivity contribution in [3.05, 3.63) is 51.2 Å². The molecule has 152 valence electrons. The topological polar surface area (TPSA) is 83.5 Å². The van der Waals surface area contributed by atoms with Gasteiger partial charge in [0.25, 0.3) is 5.91 Å². The molecule has 1 aromatic carbocycles. The van der Waals surface area contributed by atoms with E-state index in [2.05, 4.69) is 10.3 Å². The van der Waals surface area contributed by atoms with Gasteiger partial charge in [0.15, 0.2) is 5.84 Å². The lowest BCUT2D eigenvalue weighted by atomic mass is 10.1. The van der Waals surface area contributed by atoms with Crippen LogP contribution in [0.3, 0.4) is 0 Å². The van der Waals surface area contributed by atoms with Gasteiger partial charge in [-0.25, -0.2) is 9.86 Å². The number of hydrogen-bond acceptors (Lipinski definition) is 7. The summed E-state index contributed by atoms with van der Waals surface area (Å²) in [4.78, 5) is 36.4. The zero-order valence-electron chi connectivity index (χ0n) is 15.6. The molecule has 1 atom stereocenters. The van der Waals surface area contributed by atoms with Crippen LogP contribution in [0.5, 0.6) is 0 Å². The molecule has 4 rings (SSSR count). The number of hydrogen-bond donors (Lipinski definition) is 1. The van der Waals surface area contributed by atoms with Crippen LogP contribution in [0.4, 0.5) is 10.5 Å². The Labute approximate surface area is 176 Å². The lowest BCUT2D eigenvalue weighted by Crippen LogP contribution is -2.34. The lowest BCUT2D eigenvalue weighted by molar-refractivity contribution is -0.0831. The van der Waals surface area contributed by atoms with Crippen molar-refractivity contribution in [2.45, 2.75) is 6.10 Å². The van der Waals surface area contributed by atoms with Crippen molar-refractivity contribution in [1.29, 1.82) is 0 Å². The highest BCUT2D eigenvalue weighted by Gasteiger charge is 2.32. The fourth-order valence-electron chi connectivity index (χ4n) is 3.12. The zero-order valence-corrected chi connectivity index (χ0v) is 17.2. The third-order valence-electron chi connectivity index (χ3n) is 4.53. The van der Waals surface area contributed by atoms with Crippen LogP contribution in [0.1, 0.15) is 15.2 Å². The second-order valence-corrected chi connectivity index (χ2v) is 8.23. The van der Waals surface area contributed by atoms with Gasteiger partial charge in [-0.3, -0.25) is 19.5 Å².